The van der Waals surface area contributed by atoms with Gasteiger partial charge in [-0.25, -0.2) is 0 Å². The van der Waals surface area contributed by atoms with Gasteiger partial charge in [-0.15, -0.1) is 0 Å². The summed E-state index contributed by atoms with van der Waals surface area (Å²) in [5.41, 5.74) is 0. The topological polar surface area (TPSA) is 30.5 Å². The summed E-state index contributed by atoms with van der Waals surface area (Å²) < 4.78 is 10.4. The Balaban J connectivity index is 2.02. The molecular weight excluding hydrogens is 130 g/mol. The third kappa shape index (κ3) is 2.64. The molecule has 3 heteroatoms. The fraction of sp³-hybridized carbons (Fsp3) is 0.857. The molecule has 1 aliphatic rings. The van der Waals surface area contributed by atoms with Crippen LogP contribution in [0, 0.1) is 6.61 Å². The van der Waals surface area contributed by atoms with Gasteiger partial charge in [-0.2, -0.15) is 0 Å². The standard InChI is InChI=1S/C7H14NO2/c1-2-9-6-7-5-8-3-4-10-7/h6-8H,2-5H2,1H3. The van der Waals surface area contributed by atoms with Gasteiger partial charge in [0.05, 0.1) is 12.7 Å². The van der Waals surface area contributed by atoms with E-state index in [0.29, 0.717) is 0 Å². The first kappa shape index (κ1) is 7.98. The largest absolute Gasteiger partial charge is 0.373 e. The highest BCUT2D eigenvalue weighted by molar-refractivity contribution is 4.74. The predicted octanol–water partition coefficient (Wildman–Crippen LogP) is 0.173. The first-order valence-corrected chi connectivity index (χ1v) is 3.70. The van der Waals surface area contributed by atoms with Crippen LogP contribution in [-0.2, 0) is 9.47 Å². The van der Waals surface area contributed by atoms with Gasteiger partial charge in [0, 0.05) is 19.7 Å². The molecular formula is C7H14NO2. The zero-order valence-corrected chi connectivity index (χ0v) is 6.30. The van der Waals surface area contributed by atoms with Crippen LogP contribution in [0.1, 0.15) is 6.92 Å². The third-order valence-electron chi connectivity index (χ3n) is 1.37. The van der Waals surface area contributed by atoms with Crippen molar-refractivity contribution >= 4 is 0 Å². The minimum Gasteiger partial charge on any atom is -0.373 e. The van der Waals surface area contributed by atoms with Gasteiger partial charge >= 0.3 is 0 Å². The lowest BCUT2D eigenvalue weighted by Crippen LogP contribution is -2.39. The molecule has 1 atom stereocenters. The monoisotopic (exact) mass is 144 g/mol. The van der Waals surface area contributed by atoms with Crippen LogP contribution in [0.15, 0.2) is 0 Å². The van der Waals surface area contributed by atoms with Crippen LogP contribution in [-0.4, -0.2) is 32.4 Å². The average Bonchev–Trinajstić information content (AvgIpc) is 2.03. The smallest absolute Gasteiger partial charge is 0.114 e. The van der Waals surface area contributed by atoms with Gasteiger partial charge in [0.1, 0.15) is 6.61 Å². The Morgan fingerprint density at radius 2 is 2.70 bits per heavy atom. The highest BCUT2D eigenvalue weighted by Crippen LogP contribution is 2.00. The molecule has 10 heavy (non-hydrogen) atoms. The summed E-state index contributed by atoms with van der Waals surface area (Å²) in [6.07, 6.45) is 0.147. The van der Waals surface area contributed by atoms with Crippen molar-refractivity contribution in [3.05, 3.63) is 6.61 Å². The second-order valence-electron chi connectivity index (χ2n) is 2.20. The highest BCUT2D eigenvalue weighted by atomic mass is 16.5. The number of morpholine rings is 1. The Hall–Kier alpha value is -0.120. The lowest BCUT2D eigenvalue weighted by Gasteiger charge is -2.22. The summed E-state index contributed by atoms with van der Waals surface area (Å²) >= 11 is 0. The third-order valence-corrected chi connectivity index (χ3v) is 1.37. The number of ether oxygens (including phenoxy) is 2. The number of hydrogen-bond acceptors (Lipinski definition) is 3. The van der Waals surface area contributed by atoms with E-state index in [0.717, 1.165) is 26.3 Å². The number of rotatable bonds is 3. The minimum atomic E-state index is 0.147. The van der Waals surface area contributed by atoms with Crippen LogP contribution in [0.25, 0.3) is 0 Å². The van der Waals surface area contributed by atoms with Gasteiger partial charge in [0.15, 0.2) is 0 Å². The van der Waals surface area contributed by atoms with Crippen molar-refractivity contribution in [2.24, 2.45) is 0 Å². The summed E-state index contributed by atoms with van der Waals surface area (Å²) in [5.74, 6) is 0. The van der Waals surface area contributed by atoms with E-state index in [9.17, 15) is 0 Å². The van der Waals surface area contributed by atoms with Gasteiger partial charge in [0.2, 0.25) is 0 Å². The molecule has 0 aromatic carbocycles. The van der Waals surface area contributed by atoms with Crippen molar-refractivity contribution in [2.45, 2.75) is 13.0 Å². The molecule has 1 unspecified atom stereocenters. The fourth-order valence-corrected chi connectivity index (χ4v) is 0.877. The average molecular weight is 144 g/mol. The Kier molecular flexibility index (Phi) is 3.72. The lowest BCUT2D eigenvalue weighted by atomic mass is 10.3. The Labute approximate surface area is 61.7 Å². The van der Waals surface area contributed by atoms with Gasteiger partial charge in [-0.05, 0) is 6.92 Å². The number of hydrogen-bond donors (Lipinski definition) is 1. The molecule has 59 valence electrons. The molecule has 0 spiro atoms. The molecule has 1 radical (unpaired) electrons. The van der Waals surface area contributed by atoms with Gasteiger partial charge in [0.25, 0.3) is 0 Å². The summed E-state index contributed by atoms with van der Waals surface area (Å²) in [6, 6.07) is 0. The van der Waals surface area contributed by atoms with Crippen LogP contribution in [0.4, 0.5) is 0 Å². The maximum Gasteiger partial charge on any atom is 0.114 e. The molecule has 0 bridgehead atoms. The van der Waals surface area contributed by atoms with Crippen LogP contribution < -0.4 is 5.32 Å². The zero-order valence-electron chi connectivity index (χ0n) is 6.30. The molecule has 1 rings (SSSR count). The van der Waals surface area contributed by atoms with Gasteiger partial charge in [-0.3, -0.25) is 0 Å². The Morgan fingerprint density at radius 3 is 3.30 bits per heavy atom. The minimum absolute atomic E-state index is 0.147. The summed E-state index contributed by atoms with van der Waals surface area (Å²) in [5, 5.41) is 3.21. The maximum absolute atomic E-state index is 5.34. The predicted molar refractivity (Wildman–Crippen MR) is 38.5 cm³/mol. The maximum atomic E-state index is 5.34. The second-order valence-corrected chi connectivity index (χ2v) is 2.20. The Morgan fingerprint density at radius 1 is 1.80 bits per heavy atom. The normalized spacial score (nSPS) is 26.7. The summed E-state index contributed by atoms with van der Waals surface area (Å²) in [6.45, 7) is 7.06. The molecule has 1 heterocycles. The fourth-order valence-electron chi connectivity index (χ4n) is 0.877. The lowest BCUT2D eigenvalue weighted by molar-refractivity contribution is 0.00596. The van der Waals surface area contributed by atoms with E-state index in [-0.39, 0.29) is 6.10 Å². The zero-order chi connectivity index (χ0) is 7.23. The van der Waals surface area contributed by atoms with Crippen molar-refractivity contribution < 1.29 is 9.47 Å². The molecule has 1 saturated heterocycles. The van der Waals surface area contributed by atoms with Crippen LogP contribution in [0.2, 0.25) is 0 Å². The van der Waals surface area contributed by atoms with Crippen LogP contribution in [0.3, 0.4) is 0 Å². The quantitative estimate of drug-likeness (QED) is 0.612. The molecule has 0 aromatic rings. The first-order valence-electron chi connectivity index (χ1n) is 3.70. The van der Waals surface area contributed by atoms with Gasteiger partial charge in [-0.1, -0.05) is 0 Å². The van der Waals surface area contributed by atoms with E-state index >= 15 is 0 Å². The summed E-state index contributed by atoms with van der Waals surface area (Å²) in [4.78, 5) is 0. The SMILES string of the molecule is CCO[CH]C1CNCCO1. The molecule has 0 aromatic heterocycles. The van der Waals surface area contributed by atoms with E-state index in [1.165, 1.54) is 0 Å². The molecule has 1 fully saturated rings. The van der Waals surface area contributed by atoms with Crippen molar-refractivity contribution in [3.63, 3.8) is 0 Å². The van der Waals surface area contributed by atoms with E-state index in [1.807, 2.05) is 6.92 Å². The van der Waals surface area contributed by atoms with Crippen LogP contribution in [0.5, 0.6) is 0 Å². The van der Waals surface area contributed by atoms with Crippen molar-refractivity contribution in [3.8, 4) is 0 Å². The highest BCUT2D eigenvalue weighted by Gasteiger charge is 2.12. The van der Waals surface area contributed by atoms with Crippen molar-refractivity contribution in [2.75, 3.05) is 26.3 Å². The first-order chi connectivity index (χ1) is 4.93. The van der Waals surface area contributed by atoms with E-state index < -0.39 is 0 Å². The molecule has 0 saturated carbocycles. The van der Waals surface area contributed by atoms with E-state index in [4.69, 9.17) is 9.47 Å². The molecule has 0 aliphatic carbocycles. The van der Waals surface area contributed by atoms with Crippen molar-refractivity contribution in [1.29, 1.82) is 0 Å². The Bertz CT molecular complexity index is 81.7. The molecule has 0 amide bonds. The summed E-state index contributed by atoms with van der Waals surface area (Å²) in [7, 11) is 0. The second kappa shape index (κ2) is 4.66. The van der Waals surface area contributed by atoms with E-state index in [1.54, 1.807) is 6.61 Å². The number of nitrogens with one attached hydrogen (secondary N) is 1. The molecule has 1 N–H and O–H groups in total. The van der Waals surface area contributed by atoms with E-state index in [2.05, 4.69) is 5.32 Å². The van der Waals surface area contributed by atoms with Crippen LogP contribution >= 0.6 is 0 Å². The molecule has 3 nitrogen and oxygen atoms in total. The van der Waals surface area contributed by atoms with Crippen molar-refractivity contribution in [1.82, 2.24) is 5.32 Å². The van der Waals surface area contributed by atoms with Gasteiger partial charge < -0.3 is 14.8 Å². The molecule has 1 aliphatic heterocycles.